The third-order valence-corrected chi connectivity index (χ3v) is 16.5. The number of hydrogen-bond acceptors (Lipinski definition) is 18. The quantitative estimate of drug-likeness (QED) is 0.0401. The summed E-state index contributed by atoms with van der Waals surface area (Å²) in [6, 6.07) is 21.8. The van der Waals surface area contributed by atoms with Crippen LogP contribution in [0, 0.1) is 5.41 Å². The molecule has 0 spiro atoms. The van der Waals surface area contributed by atoms with E-state index in [4.69, 9.17) is 8.92 Å². The lowest BCUT2D eigenvalue weighted by Crippen LogP contribution is -2.56. The van der Waals surface area contributed by atoms with Crippen molar-refractivity contribution in [2.45, 2.75) is 29.8 Å². The summed E-state index contributed by atoms with van der Waals surface area (Å²) in [5.74, 6) is -0.936. The van der Waals surface area contributed by atoms with E-state index in [1.54, 1.807) is 55.1 Å². The SMILES string of the molecule is O=C(CO)OC(SSc1ccccn1)C(CO)(CO)C(OSSc1ccccn1)(SSc1ccccn1)SSc1ccccn1. The van der Waals surface area contributed by atoms with E-state index in [-0.39, 0.29) is 0 Å². The summed E-state index contributed by atoms with van der Waals surface area (Å²) in [5, 5.41) is 34.7. The highest BCUT2D eigenvalue weighted by Gasteiger charge is 2.62. The van der Waals surface area contributed by atoms with Gasteiger partial charge in [-0.25, -0.2) is 24.7 Å². The average Bonchev–Trinajstić information content (AvgIpc) is 3.10. The van der Waals surface area contributed by atoms with Gasteiger partial charge in [-0.05, 0) is 124 Å². The van der Waals surface area contributed by atoms with Crippen LogP contribution in [0.3, 0.4) is 0 Å². The van der Waals surface area contributed by atoms with Crippen LogP contribution < -0.4 is 0 Å². The molecule has 18 heteroatoms. The molecule has 0 saturated carbocycles. The van der Waals surface area contributed by atoms with Gasteiger partial charge >= 0.3 is 5.97 Å². The minimum Gasteiger partial charge on any atom is -0.448 e. The number of rotatable bonds is 19. The first-order valence-electron chi connectivity index (χ1n) is 12.8. The Hall–Kier alpha value is -1.29. The summed E-state index contributed by atoms with van der Waals surface area (Å²) < 4.78 is 10.8. The predicted molar refractivity (Wildman–Crippen MR) is 188 cm³/mol. The summed E-state index contributed by atoms with van der Waals surface area (Å²) in [6.45, 7) is -2.26. The number of aromatic nitrogens is 4. The zero-order valence-electron chi connectivity index (χ0n) is 23.1. The van der Waals surface area contributed by atoms with Crippen LogP contribution in [0.4, 0.5) is 0 Å². The van der Waals surface area contributed by atoms with Crippen molar-refractivity contribution < 1.29 is 29.0 Å². The lowest BCUT2D eigenvalue weighted by molar-refractivity contribution is -0.159. The fraction of sp³-hybridized carbons (Fsp3) is 0.222. The standard InChI is InChI=1S/C27H26N4O6S8/c32-17-24(35)36-25(42-38-20-9-1-5-13-28-20)26(18-33,19-34)27(43-39-21-10-2-6-14-29-21,44-40-22-11-3-7-15-30-22)37-45-41-23-12-4-8-16-31-23/h1-16,25,32-34H,17-19H2. The van der Waals surface area contributed by atoms with Crippen LogP contribution in [-0.4, -0.2) is 70.7 Å². The van der Waals surface area contributed by atoms with Gasteiger partial charge in [0.15, 0.2) is 5.44 Å². The molecule has 3 N–H and O–H groups in total. The molecule has 0 amide bonds. The van der Waals surface area contributed by atoms with Gasteiger partial charge in [-0.15, -0.1) is 0 Å². The molecule has 45 heavy (non-hydrogen) atoms. The summed E-state index contributed by atoms with van der Waals surface area (Å²) in [7, 11) is 8.44. The van der Waals surface area contributed by atoms with E-state index < -0.39 is 40.9 Å². The Morgan fingerprint density at radius 3 is 1.51 bits per heavy atom. The maximum absolute atomic E-state index is 12.6. The number of carbonyl (C=O) groups excluding carboxylic acids is 1. The van der Waals surface area contributed by atoms with E-state index in [2.05, 4.69) is 19.9 Å². The third kappa shape index (κ3) is 10.6. The molecule has 0 radical (unpaired) electrons. The van der Waals surface area contributed by atoms with Crippen LogP contribution in [-0.2, 0) is 13.7 Å². The maximum Gasteiger partial charge on any atom is 0.332 e. The van der Waals surface area contributed by atoms with Crippen molar-refractivity contribution >= 4 is 92.6 Å². The lowest BCUT2D eigenvalue weighted by atomic mass is 9.91. The number of aliphatic hydroxyl groups is 3. The largest absolute Gasteiger partial charge is 0.448 e. The Labute approximate surface area is 292 Å². The average molecular weight is 759 g/mol. The van der Waals surface area contributed by atoms with Gasteiger partial charge in [-0.1, -0.05) is 24.3 Å². The zero-order chi connectivity index (χ0) is 31.8. The molecule has 0 fully saturated rings. The fourth-order valence-corrected chi connectivity index (χ4v) is 14.8. The molecule has 1 atom stereocenters. The van der Waals surface area contributed by atoms with Crippen LogP contribution in [0.25, 0.3) is 0 Å². The Morgan fingerprint density at radius 2 is 1.11 bits per heavy atom. The predicted octanol–water partition coefficient (Wildman–Crippen LogP) is 6.75. The lowest BCUT2D eigenvalue weighted by Gasteiger charge is -2.47. The van der Waals surface area contributed by atoms with Crippen LogP contribution in [0.2, 0.25) is 0 Å². The minimum atomic E-state index is -1.69. The molecule has 0 aliphatic rings. The zero-order valence-corrected chi connectivity index (χ0v) is 29.6. The van der Waals surface area contributed by atoms with Gasteiger partial charge in [0, 0.05) is 24.8 Å². The van der Waals surface area contributed by atoms with E-state index in [9.17, 15) is 20.1 Å². The molecule has 0 aromatic carbocycles. The minimum absolute atomic E-state index is 0.606. The molecule has 238 valence electrons. The number of aliphatic hydroxyl groups excluding tert-OH is 3. The van der Waals surface area contributed by atoms with Gasteiger partial charge in [0.05, 0.1) is 24.3 Å². The van der Waals surface area contributed by atoms with Crippen molar-refractivity contribution in [1.82, 2.24) is 19.9 Å². The Bertz CT molecular complexity index is 1380. The number of pyridine rings is 4. The highest BCUT2D eigenvalue weighted by atomic mass is 33.1. The second-order valence-electron chi connectivity index (χ2n) is 8.43. The van der Waals surface area contributed by atoms with Gasteiger partial charge in [-0.2, -0.15) is 0 Å². The summed E-state index contributed by atoms with van der Waals surface area (Å²) in [4.78, 5) is 30.1. The Morgan fingerprint density at radius 1 is 0.667 bits per heavy atom. The van der Waals surface area contributed by atoms with Crippen molar-refractivity contribution in [2.24, 2.45) is 5.41 Å². The van der Waals surface area contributed by atoms with Gasteiger partial charge in [0.25, 0.3) is 0 Å². The second kappa shape index (κ2) is 19.5. The van der Waals surface area contributed by atoms with Crippen molar-refractivity contribution in [1.29, 1.82) is 0 Å². The molecule has 1 unspecified atom stereocenters. The van der Waals surface area contributed by atoms with Gasteiger partial charge < -0.3 is 20.1 Å². The summed E-state index contributed by atoms with van der Waals surface area (Å²) in [6.07, 6.45) is 6.60. The molecule has 0 aliphatic carbocycles. The van der Waals surface area contributed by atoms with Crippen molar-refractivity contribution in [3.8, 4) is 0 Å². The van der Waals surface area contributed by atoms with Gasteiger partial charge in [-0.3, -0.25) is 4.18 Å². The number of esters is 1. The maximum atomic E-state index is 12.6. The molecule has 4 aromatic heterocycles. The van der Waals surface area contributed by atoms with Gasteiger partial charge in [0.1, 0.15) is 32.1 Å². The van der Waals surface area contributed by atoms with Crippen LogP contribution in [0.5, 0.6) is 0 Å². The Kier molecular flexibility index (Phi) is 15.8. The third-order valence-electron chi connectivity index (χ3n) is 5.50. The molecule has 0 aliphatic heterocycles. The van der Waals surface area contributed by atoms with Crippen molar-refractivity contribution in [3.05, 3.63) is 97.6 Å². The highest BCUT2D eigenvalue weighted by Crippen LogP contribution is 2.66. The molecular weight excluding hydrogens is 733 g/mol. The van der Waals surface area contributed by atoms with E-state index in [1.165, 1.54) is 64.8 Å². The summed E-state index contributed by atoms with van der Waals surface area (Å²) >= 11 is 1.00. The van der Waals surface area contributed by atoms with Crippen molar-refractivity contribution in [3.63, 3.8) is 0 Å². The number of hydrogen-bond donors (Lipinski definition) is 3. The van der Waals surface area contributed by atoms with Gasteiger partial charge in [0.2, 0.25) is 4.27 Å². The number of carbonyl (C=O) groups is 1. The number of nitrogens with zero attached hydrogens (tertiary/aromatic N) is 4. The van der Waals surface area contributed by atoms with E-state index in [0.717, 1.165) is 21.9 Å². The molecular formula is C27H26N4O6S8. The molecule has 0 saturated heterocycles. The first-order valence-corrected chi connectivity index (χ1v) is 21.4. The molecule has 4 aromatic rings. The fourth-order valence-electron chi connectivity index (χ4n) is 3.18. The first kappa shape index (κ1) is 36.5. The summed E-state index contributed by atoms with van der Waals surface area (Å²) in [5.41, 5.74) is -2.94. The highest BCUT2D eigenvalue weighted by molar-refractivity contribution is 8.86. The smallest absolute Gasteiger partial charge is 0.332 e. The first-order chi connectivity index (χ1) is 22.0. The van der Waals surface area contributed by atoms with E-state index in [0.29, 0.717) is 20.1 Å². The number of ether oxygens (including phenoxy) is 1. The van der Waals surface area contributed by atoms with Crippen LogP contribution >= 0.6 is 86.6 Å². The molecule has 4 heterocycles. The Balaban J connectivity index is 1.78. The monoisotopic (exact) mass is 758 g/mol. The topological polar surface area (TPSA) is 148 Å². The van der Waals surface area contributed by atoms with E-state index in [1.807, 2.05) is 42.5 Å². The van der Waals surface area contributed by atoms with Crippen LogP contribution in [0.15, 0.2) is 118 Å². The molecule has 0 bridgehead atoms. The normalized spacial score (nSPS) is 12.5. The molecule has 10 nitrogen and oxygen atoms in total. The second-order valence-corrected chi connectivity index (χ2v) is 17.4. The van der Waals surface area contributed by atoms with Crippen molar-refractivity contribution in [2.75, 3.05) is 19.8 Å². The van der Waals surface area contributed by atoms with E-state index >= 15 is 0 Å². The van der Waals surface area contributed by atoms with Crippen LogP contribution in [0.1, 0.15) is 0 Å². The molecule has 4 rings (SSSR count).